The molecule has 17 heavy (non-hydrogen) atoms. The molecule has 1 heterocycles. The summed E-state index contributed by atoms with van der Waals surface area (Å²) in [5.74, 6) is -0.0461. The van der Waals surface area contributed by atoms with Crippen LogP contribution < -0.4 is 0 Å². The van der Waals surface area contributed by atoms with E-state index in [0.29, 0.717) is 19.4 Å². The van der Waals surface area contributed by atoms with Gasteiger partial charge in [-0.2, -0.15) is 13.2 Å². The molecule has 2 nitrogen and oxygen atoms in total. The first kappa shape index (κ1) is 14.5. The van der Waals surface area contributed by atoms with Crippen LogP contribution in [0.2, 0.25) is 0 Å². The van der Waals surface area contributed by atoms with E-state index in [1.54, 1.807) is 20.8 Å². The lowest BCUT2D eigenvalue weighted by Gasteiger charge is -2.40. The minimum Gasteiger partial charge on any atom is -0.299 e. The molecule has 0 aliphatic carbocycles. The summed E-state index contributed by atoms with van der Waals surface area (Å²) in [5.41, 5.74) is -0.613. The van der Waals surface area contributed by atoms with Crippen LogP contribution in [0.25, 0.3) is 0 Å². The van der Waals surface area contributed by atoms with Gasteiger partial charge in [0.25, 0.3) is 0 Å². The van der Waals surface area contributed by atoms with Gasteiger partial charge in [0, 0.05) is 17.9 Å². The highest BCUT2D eigenvalue weighted by Crippen LogP contribution is 2.34. The van der Waals surface area contributed by atoms with Crippen LogP contribution in [0.3, 0.4) is 0 Å². The molecule has 1 atom stereocenters. The number of likely N-dealkylation sites (tertiary alicyclic amines) is 1. The first-order valence-electron chi connectivity index (χ1n) is 5.97. The summed E-state index contributed by atoms with van der Waals surface area (Å²) < 4.78 is 37.0. The third-order valence-electron chi connectivity index (χ3n) is 3.30. The summed E-state index contributed by atoms with van der Waals surface area (Å²) in [6.07, 6.45) is -2.83. The maximum absolute atomic E-state index is 12.3. The third kappa shape index (κ3) is 3.98. The second-order valence-electron chi connectivity index (χ2n) is 5.51. The molecule has 0 aromatic rings. The number of ketones is 1. The van der Waals surface area contributed by atoms with Gasteiger partial charge >= 0.3 is 6.18 Å². The average molecular weight is 251 g/mol. The number of carbonyl (C=O) groups is 1. The van der Waals surface area contributed by atoms with Gasteiger partial charge in [0.05, 0.1) is 6.54 Å². The van der Waals surface area contributed by atoms with Crippen molar-refractivity contribution in [3.8, 4) is 0 Å². The highest BCUT2D eigenvalue weighted by atomic mass is 19.4. The zero-order chi connectivity index (χ0) is 13.3. The maximum Gasteiger partial charge on any atom is 0.401 e. The van der Waals surface area contributed by atoms with Gasteiger partial charge in [-0.1, -0.05) is 20.8 Å². The van der Waals surface area contributed by atoms with Crippen molar-refractivity contribution in [1.82, 2.24) is 4.90 Å². The predicted octanol–water partition coefficient (Wildman–Crippen LogP) is 2.88. The third-order valence-corrected chi connectivity index (χ3v) is 3.30. The Bertz CT molecular complexity index is 288. The molecule has 0 spiro atoms. The van der Waals surface area contributed by atoms with Crippen molar-refractivity contribution in [3.63, 3.8) is 0 Å². The fraction of sp³-hybridized carbons (Fsp3) is 0.917. The number of nitrogens with zero attached hydrogens (tertiary/aromatic N) is 1. The molecule has 1 saturated heterocycles. The number of hydrogen-bond acceptors (Lipinski definition) is 2. The van der Waals surface area contributed by atoms with Gasteiger partial charge < -0.3 is 0 Å². The molecule has 1 fully saturated rings. The number of Topliss-reactive ketones (excluding diaryl/α,β-unsaturated/α-hetero) is 1. The zero-order valence-electron chi connectivity index (χ0n) is 10.6. The Morgan fingerprint density at radius 1 is 1.41 bits per heavy atom. The normalized spacial score (nSPS) is 27.5. The van der Waals surface area contributed by atoms with Crippen molar-refractivity contribution >= 4 is 5.78 Å². The average Bonchev–Trinajstić information content (AvgIpc) is 2.13. The Morgan fingerprint density at radius 3 is 2.47 bits per heavy atom. The zero-order valence-corrected chi connectivity index (χ0v) is 10.6. The summed E-state index contributed by atoms with van der Waals surface area (Å²) in [6.45, 7) is 5.14. The molecule has 1 unspecified atom stereocenters. The monoisotopic (exact) mass is 251 g/mol. The molecule has 100 valence electrons. The molecule has 0 saturated carbocycles. The summed E-state index contributed by atoms with van der Waals surface area (Å²) in [7, 11) is 0. The SMILES string of the molecule is CC(C)C(=O)C1(C)CCCN(CC(F)(F)F)C1. The molecule has 0 amide bonds. The number of piperidine rings is 1. The fourth-order valence-electron chi connectivity index (χ4n) is 2.63. The van der Waals surface area contributed by atoms with Crippen molar-refractivity contribution in [2.75, 3.05) is 19.6 Å². The molecule has 0 aromatic carbocycles. The number of halogens is 3. The Labute approximate surface area is 100 Å². The first-order valence-corrected chi connectivity index (χ1v) is 5.97. The molecule has 0 radical (unpaired) electrons. The topological polar surface area (TPSA) is 20.3 Å². The Morgan fingerprint density at radius 2 is 2.00 bits per heavy atom. The van der Waals surface area contributed by atoms with Crippen LogP contribution in [0.5, 0.6) is 0 Å². The minimum absolute atomic E-state index is 0.0735. The van der Waals surface area contributed by atoms with Crippen LogP contribution in [0.1, 0.15) is 33.6 Å². The number of carbonyl (C=O) groups excluding carboxylic acids is 1. The Kier molecular flexibility index (Phi) is 4.23. The summed E-state index contributed by atoms with van der Waals surface area (Å²) >= 11 is 0. The van der Waals surface area contributed by atoms with E-state index in [4.69, 9.17) is 0 Å². The van der Waals surface area contributed by atoms with Crippen LogP contribution in [0.4, 0.5) is 13.2 Å². The van der Waals surface area contributed by atoms with Crippen LogP contribution in [-0.2, 0) is 4.79 Å². The van der Waals surface area contributed by atoms with Crippen molar-refractivity contribution < 1.29 is 18.0 Å². The molecule has 1 aliphatic rings. The molecular weight excluding hydrogens is 231 g/mol. The first-order chi connectivity index (χ1) is 7.64. The molecule has 1 rings (SSSR count). The lowest BCUT2D eigenvalue weighted by molar-refractivity contribution is -0.157. The Hall–Kier alpha value is -0.580. The molecule has 0 N–H and O–H groups in total. The van der Waals surface area contributed by atoms with Gasteiger partial charge in [-0.25, -0.2) is 0 Å². The van der Waals surface area contributed by atoms with Crippen molar-refractivity contribution in [3.05, 3.63) is 0 Å². The predicted molar refractivity (Wildman–Crippen MR) is 59.7 cm³/mol. The number of rotatable bonds is 3. The standard InChI is InChI=1S/C12H20F3NO/c1-9(2)10(17)11(3)5-4-6-16(7-11)8-12(13,14)15/h9H,4-8H2,1-3H3. The van der Waals surface area contributed by atoms with E-state index in [-0.39, 0.29) is 18.2 Å². The van der Waals surface area contributed by atoms with E-state index in [0.717, 1.165) is 0 Å². The fourth-order valence-corrected chi connectivity index (χ4v) is 2.63. The summed E-state index contributed by atoms with van der Waals surface area (Å²) in [6, 6.07) is 0. The number of alkyl halides is 3. The molecule has 1 aliphatic heterocycles. The lowest BCUT2D eigenvalue weighted by Crippen LogP contribution is -2.49. The second-order valence-corrected chi connectivity index (χ2v) is 5.51. The second kappa shape index (κ2) is 4.96. The van der Waals surface area contributed by atoms with Crippen molar-refractivity contribution in [1.29, 1.82) is 0 Å². The summed E-state index contributed by atoms with van der Waals surface area (Å²) in [4.78, 5) is 13.4. The largest absolute Gasteiger partial charge is 0.401 e. The van der Waals surface area contributed by atoms with Crippen molar-refractivity contribution in [2.45, 2.75) is 39.8 Å². The minimum atomic E-state index is -4.18. The van der Waals surface area contributed by atoms with E-state index in [1.807, 2.05) is 0 Å². The van der Waals surface area contributed by atoms with E-state index in [1.165, 1.54) is 4.90 Å². The smallest absolute Gasteiger partial charge is 0.299 e. The molecule has 0 bridgehead atoms. The number of hydrogen-bond donors (Lipinski definition) is 0. The van der Waals surface area contributed by atoms with Gasteiger partial charge in [-0.05, 0) is 19.4 Å². The molecule has 5 heteroatoms. The van der Waals surface area contributed by atoms with E-state index < -0.39 is 18.1 Å². The van der Waals surface area contributed by atoms with Crippen molar-refractivity contribution in [2.24, 2.45) is 11.3 Å². The highest BCUT2D eigenvalue weighted by molar-refractivity contribution is 5.86. The van der Waals surface area contributed by atoms with E-state index in [9.17, 15) is 18.0 Å². The van der Waals surface area contributed by atoms with Gasteiger partial charge in [0.1, 0.15) is 5.78 Å². The summed E-state index contributed by atoms with van der Waals surface area (Å²) in [5, 5.41) is 0. The molecular formula is C12H20F3NO. The Balaban J connectivity index is 2.68. The van der Waals surface area contributed by atoms with Crippen LogP contribution in [0.15, 0.2) is 0 Å². The van der Waals surface area contributed by atoms with Crippen LogP contribution in [-0.4, -0.2) is 36.5 Å². The molecule has 0 aromatic heterocycles. The lowest BCUT2D eigenvalue weighted by atomic mass is 9.74. The van der Waals surface area contributed by atoms with E-state index >= 15 is 0 Å². The van der Waals surface area contributed by atoms with E-state index in [2.05, 4.69) is 0 Å². The van der Waals surface area contributed by atoms with Gasteiger partial charge in [0.2, 0.25) is 0 Å². The maximum atomic E-state index is 12.3. The van der Waals surface area contributed by atoms with Gasteiger partial charge in [-0.15, -0.1) is 0 Å². The van der Waals surface area contributed by atoms with Gasteiger partial charge in [0.15, 0.2) is 0 Å². The van der Waals surface area contributed by atoms with Gasteiger partial charge in [-0.3, -0.25) is 9.69 Å². The quantitative estimate of drug-likeness (QED) is 0.768. The van der Waals surface area contributed by atoms with Crippen LogP contribution >= 0.6 is 0 Å². The van der Waals surface area contributed by atoms with Crippen LogP contribution in [0, 0.1) is 11.3 Å². The highest BCUT2D eigenvalue weighted by Gasteiger charge is 2.41.